The molecule has 1 aliphatic heterocycles. The van der Waals surface area contributed by atoms with E-state index >= 15 is 0 Å². The Hall–Kier alpha value is -3.81. The number of carboxylic acid groups (broad SMARTS) is 1. The van der Waals surface area contributed by atoms with Gasteiger partial charge in [-0.25, -0.2) is 14.8 Å². The molecule has 3 aromatic heterocycles. The molecule has 0 spiro atoms. The van der Waals surface area contributed by atoms with Gasteiger partial charge in [-0.2, -0.15) is 0 Å². The molecular formula is C26H19N3O3S. The second-order valence-corrected chi connectivity index (χ2v) is 9.20. The van der Waals surface area contributed by atoms with Gasteiger partial charge in [0, 0.05) is 24.0 Å². The number of nitrogens with zero attached hydrogens (tertiary/aromatic N) is 3. The number of pyridine rings is 1. The Labute approximate surface area is 193 Å². The van der Waals surface area contributed by atoms with Crippen molar-refractivity contribution in [1.82, 2.24) is 14.9 Å². The molecule has 5 aromatic rings. The predicted octanol–water partition coefficient (Wildman–Crippen LogP) is 5.79. The molecule has 1 N–H and O–H groups in total. The average molecular weight is 454 g/mol. The van der Waals surface area contributed by atoms with Crippen molar-refractivity contribution in [3.8, 4) is 10.8 Å². The minimum Gasteiger partial charge on any atom is -0.478 e. The predicted molar refractivity (Wildman–Crippen MR) is 130 cm³/mol. The third-order valence-electron chi connectivity index (χ3n) is 5.83. The number of likely N-dealkylation sites (N-methyl/N-ethyl adjacent to an activating group) is 1. The lowest BCUT2D eigenvalue weighted by Crippen LogP contribution is -2.28. The maximum Gasteiger partial charge on any atom is 0.336 e. The first kappa shape index (κ1) is 19.8. The van der Waals surface area contributed by atoms with Crippen molar-refractivity contribution >= 4 is 50.1 Å². The van der Waals surface area contributed by atoms with E-state index in [2.05, 4.69) is 9.88 Å². The van der Waals surface area contributed by atoms with Crippen molar-refractivity contribution in [1.29, 1.82) is 0 Å². The van der Waals surface area contributed by atoms with Crippen LogP contribution in [0.4, 0.5) is 0 Å². The Morgan fingerprint density at radius 1 is 1.03 bits per heavy atom. The number of furan rings is 1. The van der Waals surface area contributed by atoms with Gasteiger partial charge in [0.15, 0.2) is 10.8 Å². The minimum absolute atomic E-state index is 0.322. The Balaban J connectivity index is 1.46. The average Bonchev–Trinajstić information content (AvgIpc) is 3.44. The Bertz CT molecular complexity index is 1550. The van der Waals surface area contributed by atoms with Gasteiger partial charge < -0.3 is 9.52 Å². The zero-order valence-corrected chi connectivity index (χ0v) is 18.6. The summed E-state index contributed by atoms with van der Waals surface area (Å²) in [6, 6.07) is 19.3. The fourth-order valence-electron chi connectivity index (χ4n) is 4.42. The second kappa shape index (κ2) is 7.65. The summed E-state index contributed by atoms with van der Waals surface area (Å²) in [5.41, 5.74) is 4.34. The van der Waals surface area contributed by atoms with Gasteiger partial charge in [0.2, 0.25) is 0 Å². The largest absolute Gasteiger partial charge is 0.478 e. The summed E-state index contributed by atoms with van der Waals surface area (Å²) in [6.07, 6.45) is 1.96. The lowest BCUT2D eigenvalue weighted by Gasteiger charge is -2.28. The molecule has 4 heterocycles. The highest BCUT2D eigenvalue weighted by molar-refractivity contribution is 7.21. The van der Waals surface area contributed by atoms with E-state index in [-0.39, 0.29) is 0 Å². The molecule has 0 saturated heterocycles. The molecule has 0 fully saturated rings. The zero-order chi connectivity index (χ0) is 22.5. The van der Waals surface area contributed by atoms with E-state index in [1.807, 2.05) is 73.8 Å². The number of aromatic carboxylic acids is 1. The normalized spacial score (nSPS) is 15.4. The third kappa shape index (κ3) is 3.42. The molecule has 0 saturated carbocycles. The van der Waals surface area contributed by atoms with Gasteiger partial charge >= 0.3 is 5.97 Å². The van der Waals surface area contributed by atoms with E-state index in [1.54, 1.807) is 11.3 Å². The fraction of sp³-hybridized carbons (Fsp3) is 0.115. The summed E-state index contributed by atoms with van der Waals surface area (Å²) in [4.78, 5) is 23.8. The molecule has 162 valence electrons. The molecule has 6 nitrogen and oxygen atoms in total. The molecule has 0 aliphatic carbocycles. The first-order chi connectivity index (χ1) is 16.1. The van der Waals surface area contributed by atoms with Crippen molar-refractivity contribution in [2.75, 3.05) is 13.6 Å². The van der Waals surface area contributed by atoms with Crippen LogP contribution in [0.5, 0.6) is 0 Å². The molecule has 0 radical (unpaired) electrons. The number of thiazole rings is 1. The van der Waals surface area contributed by atoms with E-state index in [0.29, 0.717) is 41.1 Å². The molecule has 7 heteroatoms. The summed E-state index contributed by atoms with van der Waals surface area (Å²) in [5.74, 6) is 0.466. The lowest BCUT2D eigenvalue weighted by atomic mass is 9.93. The van der Waals surface area contributed by atoms with Gasteiger partial charge in [0.1, 0.15) is 5.76 Å². The highest BCUT2D eigenvalue weighted by Gasteiger charge is 2.27. The monoisotopic (exact) mass is 453 g/mol. The summed E-state index contributed by atoms with van der Waals surface area (Å²) < 4.78 is 7.24. The van der Waals surface area contributed by atoms with E-state index in [9.17, 15) is 9.90 Å². The summed E-state index contributed by atoms with van der Waals surface area (Å²) in [5, 5.41) is 11.5. The summed E-state index contributed by atoms with van der Waals surface area (Å²) >= 11 is 1.59. The van der Waals surface area contributed by atoms with Crippen LogP contribution in [0, 0.1) is 0 Å². The van der Waals surface area contributed by atoms with Crippen LogP contribution in [-0.2, 0) is 6.54 Å². The quantitative estimate of drug-likeness (QED) is 0.373. The molecule has 0 amide bonds. The number of rotatable bonds is 3. The topological polar surface area (TPSA) is 79.5 Å². The van der Waals surface area contributed by atoms with E-state index in [4.69, 9.17) is 9.40 Å². The third-order valence-corrected chi connectivity index (χ3v) is 6.88. The maximum atomic E-state index is 12.2. The number of carbonyl (C=O) groups is 1. The number of carboxylic acids is 1. The lowest BCUT2D eigenvalue weighted by molar-refractivity contribution is 0.0696. The molecule has 1 aliphatic rings. The van der Waals surface area contributed by atoms with Gasteiger partial charge in [-0.15, -0.1) is 11.3 Å². The Kier molecular flexibility index (Phi) is 4.60. The van der Waals surface area contributed by atoms with Gasteiger partial charge in [0.25, 0.3) is 0 Å². The SMILES string of the molecule is CN1C/C(=C\c2ccc(-c3nc4ccccc4s3)o2)c2nc3ccccc3c(C(=O)O)c2C1. The number of para-hydroxylation sites is 2. The van der Waals surface area contributed by atoms with Crippen LogP contribution in [0.2, 0.25) is 0 Å². The highest BCUT2D eigenvalue weighted by atomic mass is 32.1. The van der Waals surface area contributed by atoms with E-state index in [0.717, 1.165) is 32.1 Å². The number of fused-ring (bicyclic) bond motifs is 3. The number of benzene rings is 2. The highest BCUT2D eigenvalue weighted by Crippen LogP contribution is 2.35. The maximum absolute atomic E-state index is 12.2. The van der Waals surface area contributed by atoms with Crippen molar-refractivity contribution in [3.63, 3.8) is 0 Å². The smallest absolute Gasteiger partial charge is 0.336 e. The van der Waals surface area contributed by atoms with E-state index < -0.39 is 5.97 Å². The van der Waals surface area contributed by atoms with Crippen LogP contribution in [0.3, 0.4) is 0 Å². The molecule has 2 aromatic carbocycles. The first-order valence-corrected chi connectivity index (χ1v) is 11.4. The number of aromatic nitrogens is 2. The summed E-state index contributed by atoms with van der Waals surface area (Å²) in [7, 11) is 1.98. The number of hydrogen-bond donors (Lipinski definition) is 1. The zero-order valence-electron chi connectivity index (χ0n) is 17.8. The van der Waals surface area contributed by atoms with E-state index in [1.165, 1.54) is 0 Å². The van der Waals surface area contributed by atoms with Crippen molar-refractivity contribution in [2.45, 2.75) is 6.54 Å². The molecule has 0 unspecified atom stereocenters. The molecule has 0 bridgehead atoms. The minimum atomic E-state index is -0.935. The Morgan fingerprint density at radius 2 is 1.82 bits per heavy atom. The molecular weight excluding hydrogens is 434 g/mol. The number of hydrogen-bond acceptors (Lipinski definition) is 6. The van der Waals surface area contributed by atoms with Crippen LogP contribution in [0.25, 0.3) is 43.5 Å². The van der Waals surface area contributed by atoms with Crippen molar-refractivity contribution in [3.05, 3.63) is 83.2 Å². The van der Waals surface area contributed by atoms with Crippen LogP contribution >= 0.6 is 11.3 Å². The van der Waals surface area contributed by atoms with Crippen molar-refractivity contribution < 1.29 is 14.3 Å². The fourth-order valence-corrected chi connectivity index (χ4v) is 5.34. The van der Waals surface area contributed by atoms with Crippen LogP contribution in [-0.4, -0.2) is 39.5 Å². The van der Waals surface area contributed by atoms with Gasteiger partial charge in [0.05, 0.1) is 27.0 Å². The summed E-state index contributed by atoms with van der Waals surface area (Å²) in [6.45, 7) is 1.18. The van der Waals surface area contributed by atoms with Crippen LogP contribution < -0.4 is 0 Å². The molecule has 0 atom stereocenters. The van der Waals surface area contributed by atoms with Crippen LogP contribution in [0.1, 0.15) is 27.4 Å². The van der Waals surface area contributed by atoms with Crippen molar-refractivity contribution in [2.24, 2.45) is 0 Å². The van der Waals surface area contributed by atoms with Gasteiger partial charge in [-0.05, 0) is 49.0 Å². The van der Waals surface area contributed by atoms with Gasteiger partial charge in [-0.1, -0.05) is 30.3 Å². The second-order valence-electron chi connectivity index (χ2n) is 8.17. The molecule has 6 rings (SSSR count). The molecule has 33 heavy (non-hydrogen) atoms. The standard InChI is InChI=1S/C26H19N3O3S/c1-29-13-15(24-18(14-29)23(26(30)31)17-6-2-3-7-19(17)27-24)12-16-10-11-21(32-16)25-28-20-8-4-5-9-22(20)33-25/h2-12H,13-14H2,1H3,(H,30,31)/b15-12+. The van der Waals surface area contributed by atoms with Crippen LogP contribution in [0.15, 0.2) is 65.1 Å². The van der Waals surface area contributed by atoms with Gasteiger partial charge in [-0.3, -0.25) is 4.90 Å². The Morgan fingerprint density at radius 3 is 2.64 bits per heavy atom. The first-order valence-electron chi connectivity index (χ1n) is 10.6.